The van der Waals surface area contributed by atoms with Crippen molar-refractivity contribution in [2.45, 2.75) is 13.3 Å². The first-order valence-corrected chi connectivity index (χ1v) is 7.61. The van der Waals surface area contributed by atoms with Gasteiger partial charge in [0.25, 0.3) is 5.91 Å². The quantitative estimate of drug-likeness (QED) is 0.730. The molecule has 138 valence electrons. The average molecular weight is 386 g/mol. The summed E-state index contributed by atoms with van der Waals surface area (Å²) in [5.41, 5.74) is 8.67. The maximum Gasteiger partial charge on any atom is 0.255 e. The largest absolute Gasteiger partial charge is 0.495 e. The van der Waals surface area contributed by atoms with Crippen LogP contribution in [0, 0.1) is 0 Å². The van der Waals surface area contributed by atoms with Gasteiger partial charge in [0.15, 0.2) is 0 Å². The minimum absolute atomic E-state index is 0. The number of nitrogen functional groups attached to an aromatic ring is 1. The highest BCUT2D eigenvalue weighted by Crippen LogP contribution is 2.25. The Morgan fingerprint density at radius 1 is 1.16 bits per heavy atom. The Morgan fingerprint density at radius 3 is 2.32 bits per heavy atom. The van der Waals surface area contributed by atoms with Gasteiger partial charge in [-0.15, -0.1) is 24.8 Å². The fourth-order valence-corrected chi connectivity index (χ4v) is 2.35. The van der Waals surface area contributed by atoms with Crippen LogP contribution in [0.25, 0.3) is 0 Å². The van der Waals surface area contributed by atoms with Crippen LogP contribution in [0.1, 0.15) is 23.7 Å². The number of benzene rings is 2. The Labute approximate surface area is 161 Å². The summed E-state index contributed by atoms with van der Waals surface area (Å²) < 4.78 is 5.10. The van der Waals surface area contributed by atoms with Crippen LogP contribution in [0.15, 0.2) is 42.5 Å². The van der Waals surface area contributed by atoms with Crippen molar-refractivity contribution < 1.29 is 9.53 Å². The Morgan fingerprint density at radius 2 is 1.80 bits per heavy atom. The van der Waals surface area contributed by atoms with E-state index in [4.69, 9.17) is 10.5 Å². The van der Waals surface area contributed by atoms with Crippen LogP contribution in [0.3, 0.4) is 0 Å². The Bertz CT molecular complexity index is 679. The second kappa shape index (κ2) is 10.7. The first-order chi connectivity index (χ1) is 11.0. The van der Waals surface area contributed by atoms with Crippen LogP contribution in [0.2, 0.25) is 0 Å². The number of halogens is 2. The molecule has 0 saturated heterocycles. The van der Waals surface area contributed by atoms with E-state index in [0.29, 0.717) is 22.7 Å². The molecule has 0 heterocycles. The van der Waals surface area contributed by atoms with Crippen molar-refractivity contribution in [3.8, 4) is 5.75 Å². The van der Waals surface area contributed by atoms with Gasteiger partial charge in [-0.3, -0.25) is 4.79 Å². The van der Waals surface area contributed by atoms with Crippen molar-refractivity contribution in [3.05, 3.63) is 48.0 Å². The van der Waals surface area contributed by atoms with Gasteiger partial charge in [-0.25, -0.2) is 0 Å². The molecule has 2 aromatic rings. The number of hydrogen-bond acceptors (Lipinski definition) is 4. The summed E-state index contributed by atoms with van der Waals surface area (Å²) in [6.07, 6.45) is 1.08. The van der Waals surface area contributed by atoms with Crippen LogP contribution in [0.4, 0.5) is 17.1 Å². The Kier molecular flexibility index (Phi) is 9.79. The molecular weight excluding hydrogens is 361 g/mol. The standard InChI is InChI=1S/C18H23N3O2.2ClH/c1-4-11-21(2)15-8-5-13(6-9-15)18(22)20-14-7-10-17(23-3)16(19)12-14;;/h5-10,12H,4,11,19H2,1-3H3,(H,20,22);2*1H. The minimum Gasteiger partial charge on any atom is -0.495 e. The van der Waals surface area contributed by atoms with E-state index in [9.17, 15) is 4.79 Å². The maximum absolute atomic E-state index is 12.3. The molecule has 0 aliphatic rings. The fraction of sp³-hybridized carbons (Fsp3) is 0.278. The highest BCUT2D eigenvalue weighted by Gasteiger charge is 2.08. The van der Waals surface area contributed by atoms with E-state index < -0.39 is 0 Å². The second-order valence-electron chi connectivity index (χ2n) is 5.38. The number of hydrogen-bond donors (Lipinski definition) is 2. The molecule has 0 unspecified atom stereocenters. The zero-order valence-electron chi connectivity index (χ0n) is 14.6. The summed E-state index contributed by atoms with van der Waals surface area (Å²) in [4.78, 5) is 14.4. The molecular formula is C18H25Cl2N3O2. The highest BCUT2D eigenvalue weighted by molar-refractivity contribution is 6.04. The lowest BCUT2D eigenvalue weighted by atomic mass is 10.1. The van der Waals surface area contributed by atoms with Gasteiger partial charge in [0.1, 0.15) is 5.75 Å². The van der Waals surface area contributed by atoms with Gasteiger partial charge in [0, 0.05) is 30.5 Å². The number of amides is 1. The summed E-state index contributed by atoms with van der Waals surface area (Å²) >= 11 is 0. The lowest BCUT2D eigenvalue weighted by Gasteiger charge is -2.18. The number of methoxy groups -OCH3 is 1. The molecule has 0 bridgehead atoms. The predicted molar refractivity (Wildman–Crippen MR) is 110 cm³/mol. The second-order valence-corrected chi connectivity index (χ2v) is 5.38. The number of anilines is 3. The molecule has 0 aliphatic carbocycles. The average Bonchev–Trinajstić information content (AvgIpc) is 2.55. The topological polar surface area (TPSA) is 67.6 Å². The fourth-order valence-electron chi connectivity index (χ4n) is 2.35. The number of nitrogens with one attached hydrogen (secondary N) is 1. The number of ether oxygens (including phenoxy) is 1. The van der Waals surface area contributed by atoms with E-state index in [1.807, 2.05) is 31.3 Å². The number of rotatable bonds is 6. The van der Waals surface area contributed by atoms with Crippen LogP contribution in [0.5, 0.6) is 5.75 Å². The molecule has 0 radical (unpaired) electrons. The summed E-state index contributed by atoms with van der Waals surface area (Å²) in [6.45, 7) is 3.12. The smallest absolute Gasteiger partial charge is 0.255 e. The number of carbonyl (C=O) groups excluding carboxylic acids is 1. The van der Waals surface area contributed by atoms with Crippen molar-refractivity contribution in [2.24, 2.45) is 0 Å². The van der Waals surface area contributed by atoms with Gasteiger partial charge in [0.05, 0.1) is 12.8 Å². The third-order valence-corrected chi connectivity index (χ3v) is 3.62. The molecule has 0 atom stereocenters. The summed E-state index contributed by atoms with van der Waals surface area (Å²) in [5.74, 6) is 0.422. The lowest BCUT2D eigenvalue weighted by Crippen LogP contribution is -2.18. The van der Waals surface area contributed by atoms with E-state index in [1.54, 1.807) is 25.3 Å². The molecule has 2 rings (SSSR count). The third-order valence-electron chi connectivity index (χ3n) is 3.62. The first-order valence-electron chi connectivity index (χ1n) is 7.61. The summed E-state index contributed by atoms with van der Waals surface area (Å²) in [7, 11) is 3.60. The van der Waals surface area contributed by atoms with Crippen molar-refractivity contribution in [3.63, 3.8) is 0 Å². The van der Waals surface area contributed by atoms with Crippen LogP contribution >= 0.6 is 24.8 Å². The van der Waals surface area contributed by atoms with Crippen molar-refractivity contribution >= 4 is 47.8 Å². The minimum atomic E-state index is -0.167. The van der Waals surface area contributed by atoms with Gasteiger partial charge in [0.2, 0.25) is 0 Å². The molecule has 7 heteroatoms. The van der Waals surface area contributed by atoms with Gasteiger partial charge in [-0.2, -0.15) is 0 Å². The predicted octanol–water partition coefficient (Wildman–Crippen LogP) is 4.22. The number of nitrogens with zero attached hydrogens (tertiary/aromatic N) is 1. The molecule has 3 N–H and O–H groups in total. The van der Waals surface area contributed by atoms with Gasteiger partial charge < -0.3 is 20.7 Å². The molecule has 0 aliphatic heterocycles. The van der Waals surface area contributed by atoms with Gasteiger partial charge in [-0.1, -0.05) is 6.92 Å². The van der Waals surface area contributed by atoms with Crippen LogP contribution < -0.4 is 20.7 Å². The maximum atomic E-state index is 12.3. The Balaban J connectivity index is 0.00000288. The van der Waals surface area contributed by atoms with Crippen molar-refractivity contribution in [1.82, 2.24) is 0 Å². The van der Waals surface area contributed by atoms with Gasteiger partial charge >= 0.3 is 0 Å². The zero-order valence-corrected chi connectivity index (χ0v) is 16.2. The van der Waals surface area contributed by atoms with Gasteiger partial charge in [-0.05, 0) is 48.9 Å². The molecule has 25 heavy (non-hydrogen) atoms. The molecule has 0 aromatic heterocycles. The summed E-state index contributed by atoms with van der Waals surface area (Å²) in [6, 6.07) is 12.7. The zero-order chi connectivity index (χ0) is 16.8. The van der Waals surface area contributed by atoms with Crippen LogP contribution in [-0.4, -0.2) is 26.6 Å². The molecule has 0 spiro atoms. The van der Waals surface area contributed by atoms with Crippen molar-refractivity contribution in [1.29, 1.82) is 0 Å². The summed E-state index contributed by atoms with van der Waals surface area (Å²) in [5, 5.41) is 2.84. The monoisotopic (exact) mass is 385 g/mol. The SMILES string of the molecule is CCCN(C)c1ccc(C(=O)Nc2ccc(OC)c(N)c2)cc1.Cl.Cl. The first kappa shape index (κ1) is 22.9. The number of carbonyl (C=O) groups is 1. The highest BCUT2D eigenvalue weighted by atomic mass is 35.5. The van der Waals surface area contributed by atoms with E-state index in [-0.39, 0.29) is 30.7 Å². The number of nitrogens with two attached hydrogens (primary N) is 1. The van der Waals surface area contributed by atoms with E-state index in [0.717, 1.165) is 18.7 Å². The molecule has 2 aromatic carbocycles. The van der Waals surface area contributed by atoms with E-state index in [1.165, 1.54) is 0 Å². The van der Waals surface area contributed by atoms with Crippen molar-refractivity contribution in [2.75, 3.05) is 36.7 Å². The normalized spacial score (nSPS) is 9.40. The van der Waals surface area contributed by atoms with Crippen LogP contribution in [-0.2, 0) is 0 Å². The molecule has 1 amide bonds. The molecule has 5 nitrogen and oxygen atoms in total. The Hall–Kier alpha value is -2.11. The van der Waals surface area contributed by atoms with E-state index in [2.05, 4.69) is 17.1 Å². The van der Waals surface area contributed by atoms with E-state index >= 15 is 0 Å². The molecule has 0 saturated carbocycles. The molecule has 0 fully saturated rings. The third kappa shape index (κ3) is 6.03. The lowest BCUT2D eigenvalue weighted by molar-refractivity contribution is 0.102.